The molecular weight excluding hydrogens is 396 g/mol. The largest absolute Gasteiger partial charge is 0.493 e. The van der Waals surface area contributed by atoms with Gasteiger partial charge in [0.25, 0.3) is 11.8 Å². The summed E-state index contributed by atoms with van der Waals surface area (Å²) in [7, 11) is -2.03. The van der Waals surface area contributed by atoms with Gasteiger partial charge in [0.2, 0.25) is 0 Å². The van der Waals surface area contributed by atoms with Gasteiger partial charge in [0.15, 0.2) is 21.3 Å². The van der Waals surface area contributed by atoms with Crippen LogP contribution in [0.15, 0.2) is 18.2 Å². The van der Waals surface area contributed by atoms with Gasteiger partial charge >= 0.3 is 0 Å². The number of amides is 2. The van der Waals surface area contributed by atoms with Gasteiger partial charge in [-0.15, -0.1) is 0 Å². The summed E-state index contributed by atoms with van der Waals surface area (Å²) in [5.74, 6) is -0.659. The molecule has 0 spiro atoms. The van der Waals surface area contributed by atoms with Crippen LogP contribution in [0.25, 0.3) is 0 Å². The van der Waals surface area contributed by atoms with Crippen LogP contribution in [-0.4, -0.2) is 45.5 Å². The minimum Gasteiger partial charge on any atom is -0.493 e. The van der Waals surface area contributed by atoms with Crippen molar-refractivity contribution in [2.24, 2.45) is 5.92 Å². The zero-order valence-electron chi connectivity index (χ0n) is 17.6. The summed E-state index contributed by atoms with van der Waals surface area (Å²) < 4.78 is 34.7. The Morgan fingerprint density at radius 2 is 1.83 bits per heavy atom. The van der Waals surface area contributed by atoms with Gasteiger partial charge in [-0.25, -0.2) is 8.42 Å². The number of unbranched alkanes of at least 4 members (excludes halogenated alkanes) is 2. The molecule has 164 valence electrons. The van der Waals surface area contributed by atoms with Crippen LogP contribution in [0.5, 0.6) is 11.5 Å². The van der Waals surface area contributed by atoms with Gasteiger partial charge in [-0.05, 0) is 37.0 Å². The van der Waals surface area contributed by atoms with E-state index >= 15 is 0 Å². The summed E-state index contributed by atoms with van der Waals surface area (Å²) in [4.78, 5) is 24.1. The highest BCUT2D eigenvalue weighted by atomic mass is 32.2. The van der Waals surface area contributed by atoms with Crippen molar-refractivity contribution < 1.29 is 27.5 Å². The molecule has 8 nitrogen and oxygen atoms in total. The van der Waals surface area contributed by atoms with Crippen molar-refractivity contribution in [3.05, 3.63) is 23.8 Å². The van der Waals surface area contributed by atoms with Crippen molar-refractivity contribution in [1.82, 2.24) is 10.9 Å². The second kappa shape index (κ2) is 12.3. The van der Waals surface area contributed by atoms with E-state index < -0.39 is 27.4 Å². The number of hydrogen-bond donors (Lipinski definition) is 2. The Labute approximate surface area is 173 Å². The van der Waals surface area contributed by atoms with E-state index in [9.17, 15) is 18.0 Å². The third-order valence-electron chi connectivity index (χ3n) is 4.10. The molecule has 0 saturated heterocycles. The first-order chi connectivity index (χ1) is 13.7. The number of benzene rings is 1. The van der Waals surface area contributed by atoms with E-state index in [0.29, 0.717) is 30.4 Å². The van der Waals surface area contributed by atoms with Crippen molar-refractivity contribution in [2.45, 2.75) is 46.5 Å². The zero-order chi connectivity index (χ0) is 21.9. The lowest BCUT2D eigenvalue weighted by atomic mass is 10.1. The second-order valence-electron chi connectivity index (χ2n) is 7.20. The fourth-order valence-corrected chi connectivity index (χ4v) is 3.67. The van der Waals surface area contributed by atoms with Crippen LogP contribution < -0.4 is 20.3 Å². The Hall–Kier alpha value is -2.29. The van der Waals surface area contributed by atoms with Crippen molar-refractivity contribution in [3.8, 4) is 11.5 Å². The number of methoxy groups -OCH3 is 1. The Bertz CT molecular complexity index is 777. The number of carbonyl (C=O) groups excluding carboxylic acids is 2. The Kier molecular flexibility index (Phi) is 10.5. The fourth-order valence-electron chi connectivity index (χ4n) is 2.41. The van der Waals surface area contributed by atoms with Gasteiger partial charge in [0.1, 0.15) is 5.75 Å². The molecule has 1 rings (SSSR count). The number of sulfone groups is 1. The number of ether oxygens (including phenoxy) is 2. The Balaban J connectivity index is 2.60. The number of carbonyl (C=O) groups is 2. The molecule has 9 heteroatoms. The molecule has 2 amide bonds. The summed E-state index contributed by atoms with van der Waals surface area (Å²) in [6.45, 7) is 6.69. The maximum absolute atomic E-state index is 12.2. The topological polar surface area (TPSA) is 111 Å². The average Bonchev–Trinajstić information content (AvgIpc) is 2.65. The van der Waals surface area contributed by atoms with Crippen molar-refractivity contribution in [3.63, 3.8) is 0 Å². The molecule has 2 N–H and O–H groups in total. The molecule has 0 bridgehead atoms. The molecule has 1 aromatic carbocycles. The fraction of sp³-hybridized carbons (Fsp3) is 0.600. The van der Waals surface area contributed by atoms with Gasteiger partial charge in [-0.3, -0.25) is 20.4 Å². The predicted molar refractivity (Wildman–Crippen MR) is 112 cm³/mol. The first-order valence-corrected chi connectivity index (χ1v) is 11.6. The maximum Gasteiger partial charge on any atom is 0.269 e. The van der Waals surface area contributed by atoms with E-state index in [2.05, 4.69) is 24.7 Å². The lowest BCUT2D eigenvalue weighted by molar-refractivity contribution is -0.119. The lowest BCUT2D eigenvalue weighted by Gasteiger charge is -2.13. The predicted octanol–water partition coefficient (Wildman–Crippen LogP) is 2.49. The van der Waals surface area contributed by atoms with Gasteiger partial charge in [-0.2, -0.15) is 0 Å². The number of hydrazine groups is 1. The highest BCUT2D eigenvalue weighted by molar-refractivity contribution is 7.92. The van der Waals surface area contributed by atoms with Crippen LogP contribution in [0.4, 0.5) is 0 Å². The van der Waals surface area contributed by atoms with Crippen LogP contribution in [-0.2, 0) is 14.6 Å². The molecule has 0 aliphatic rings. The molecule has 0 aliphatic carbocycles. The van der Waals surface area contributed by atoms with Gasteiger partial charge in [-0.1, -0.05) is 33.6 Å². The number of rotatable bonds is 12. The zero-order valence-corrected chi connectivity index (χ0v) is 18.4. The lowest BCUT2D eigenvalue weighted by Crippen LogP contribution is -2.44. The van der Waals surface area contributed by atoms with Crippen LogP contribution in [0.2, 0.25) is 0 Å². The van der Waals surface area contributed by atoms with E-state index in [1.807, 2.05) is 6.92 Å². The third kappa shape index (κ3) is 9.65. The first kappa shape index (κ1) is 24.7. The average molecular weight is 429 g/mol. The molecule has 0 radical (unpaired) electrons. The molecular formula is C20H32N2O6S. The van der Waals surface area contributed by atoms with Crippen LogP contribution in [0, 0.1) is 5.92 Å². The standard InChI is InChI=1S/C20H32N2O6S/c1-5-6-7-12-29(25,26)14-19(23)21-22-20(24)16-8-9-17(18(13-16)27-4)28-11-10-15(2)3/h8-9,13,15H,5-7,10-12,14H2,1-4H3,(H,21,23)(H,22,24). The molecule has 0 fully saturated rings. The summed E-state index contributed by atoms with van der Waals surface area (Å²) in [5.41, 5.74) is 4.59. The van der Waals surface area contributed by atoms with Crippen molar-refractivity contribution in [2.75, 3.05) is 25.2 Å². The maximum atomic E-state index is 12.2. The first-order valence-electron chi connectivity index (χ1n) is 9.79. The van der Waals surface area contributed by atoms with Gasteiger partial charge < -0.3 is 9.47 Å². The minimum atomic E-state index is -3.50. The van der Waals surface area contributed by atoms with E-state index in [1.54, 1.807) is 6.07 Å². The van der Waals surface area contributed by atoms with Gasteiger partial charge in [0, 0.05) is 5.56 Å². The van der Waals surface area contributed by atoms with Crippen LogP contribution in [0.3, 0.4) is 0 Å². The molecule has 0 aliphatic heterocycles. The summed E-state index contributed by atoms with van der Waals surface area (Å²) >= 11 is 0. The number of nitrogens with one attached hydrogen (secondary N) is 2. The monoisotopic (exact) mass is 428 g/mol. The van der Waals surface area contributed by atoms with E-state index in [4.69, 9.17) is 9.47 Å². The van der Waals surface area contributed by atoms with Crippen LogP contribution in [0.1, 0.15) is 56.8 Å². The summed E-state index contributed by atoms with van der Waals surface area (Å²) in [6.07, 6.45) is 3.09. The molecule has 1 aromatic rings. The van der Waals surface area contributed by atoms with Gasteiger partial charge in [0.05, 0.1) is 19.5 Å². The summed E-state index contributed by atoms with van der Waals surface area (Å²) in [5, 5.41) is 0. The van der Waals surface area contributed by atoms with E-state index in [0.717, 1.165) is 19.3 Å². The van der Waals surface area contributed by atoms with Crippen molar-refractivity contribution >= 4 is 21.7 Å². The van der Waals surface area contributed by atoms with E-state index in [-0.39, 0.29) is 11.3 Å². The molecule has 0 saturated carbocycles. The normalized spacial score (nSPS) is 11.2. The molecule has 29 heavy (non-hydrogen) atoms. The third-order valence-corrected chi connectivity index (χ3v) is 5.72. The molecule has 0 atom stereocenters. The minimum absolute atomic E-state index is 0.0440. The molecule has 0 heterocycles. The summed E-state index contributed by atoms with van der Waals surface area (Å²) in [6, 6.07) is 4.65. The highest BCUT2D eigenvalue weighted by Crippen LogP contribution is 2.28. The SMILES string of the molecule is CCCCCS(=O)(=O)CC(=O)NNC(=O)c1ccc(OCCC(C)C)c(OC)c1. The highest BCUT2D eigenvalue weighted by Gasteiger charge is 2.17. The smallest absolute Gasteiger partial charge is 0.269 e. The number of hydrogen-bond acceptors (Lipinski definition) is 6. The molecule has 0 aromatic heterocycles. The quantitative estimate of drug-likeness (QED) is 0.391. The Morgan fingerprint density at radius 1 is 1.10 bits per heavy atom. The second-order valence-corrected chi connectivity index (χ2v) is 9.38. The van der Waals surface area contributed by atoms with Crippen molar-refractivity contribution in [1.29, 1.82) is 0 Å². The van der Waals surface area contributed by atoms with Crippen LogP contribution >= 0.6 is 0 Å². The van der Waals surface area contributed by atoms with E-state index in [1.165, 1.54) is 19.2 Å². The molecule has 0 unspecified atom stereocenters. The Morgan fingerprint density at radius 3 is 2.45 bits per heavy atom.